The van der Waals surface area contributed by atoms with Crippen LogP contribution in [0.1, 0.15) is 12.8 Å². The molecule has 0 bridgehead atoms. The Morgan fingerprint density at radius 2 is 1.84 bits per heavy atom. The van der Waals surface area contributed by atoms with E-state index in [0.717, 1.165) is 10.6 Å². The highest BCUT2D eigenvalue weighted by atomic mass is 35.5. The van der Waals surface area contributed by atoms with E-state index < -0.39 is 24.3 Å². The number of hydrogen-bond acceptors (Lipinski definition) is 4. The molecule has 0 fully saturated rings. The average Bonchev–Trinajstić information content (AvgIpc) is 2.60. The number of carbonyl (C=O) groups excluding carboxylic acids is 2. The monoisotopic (exact) mass is 381 g/mol. The molecule has 132 valence electrons. The van der Waals surface area contributed by atoms with Crippen molar-refractivity contribution < 1.29 is 18.7 Å². The number of carbonyl (C=O) groups is 2. The van der Waals surface area contributed by atoms with Crippen LogP contribution in [0.5, 0.6) is 0 Å². The van der Waals surface area contributed by atoms with Crippen molar-refractivity contribution >= 4 is 40.9 Å². The van der Waals surface area contributed by atoms with Crippen molar-refractivity contribution in [3.63, 3.8) is 0 Å². The molecule has 0 atom stereocenters. The molecule has 7 heteroatoms. The largest absolute Gasteiger partial charge is 0.456 e. The molecular formula is C18H17ClFNO3S. The smallest absolute Gasteiger partial charge is 0.306 e. The minimum atomic E-state index is -0.575. The zero-order chi connectivity index (χ0) is 18.1. The first-order chi connectivity index (χ1) is 12.0. The van der Waals surface area contributed by atoms with E-state index in [1.165, 1.54) is 18.2 Å². The lowest BCUT2D eigenvalue weighted by Crippen LogP contribution is -2.21. The van der Waals surface area contributed by atoms with Crippen LogP contribution >= 0.6 is 23.4 Å². The van der Waals surface area contributed by atoms with E-state index in [-0.39, 0.29) is 12.1 Å². The normalized spacial score (nSPS) is 10.3. The van der Waals surface area contributed by atoms with Gasteiger partial charge < -0.3 is 10.1 Å². The van der Waals surface area contributed by atoms with Gasteiger partial charge in [0.1, 0.15) is 5.82 Å². The minimum absolute atomic E-state index is 0.0583. The van der Waals surface area contributed by atoms with E-state index in [4.69, 9.17) is 16.3 Å². The van der Waals surface area contributed by atoms with E-state index in [9.17, 15) is 14.0 Å². The Kier molecular flexibility index (Phi) is 7.76. The lowest BCUT2D eigenvalue weighted by molar-refractivity contribution is -0.147. The summed E-state index contributed by atoms with van der Waals surface area (Å²) in [5, 5.41) is 3.03. The van der Waals surface area contributed by atoms with Crippen LogP contribution in [0.3, 0.4) is 0 Å². The summed E-state index contributed by atoms with van der Waals surface area (Å²) in [6.07, 6.45) is 0.842. The van der Waals surface area contributed by atoms with Gasteiger partial charge in [0.05, 0.1) is 5.69 Å². The first-order valence-electron chi connectivity index (χ1n) is 7.63. The molecule has 0 radical (unpaired) electrons. The lowest BCUT2D eigenvalue weighted by atomic mass is 10.3. The zero-order valence-corrected chi connectivity index (χ0v) is 14.9. The summed E-state index contributed by atoms with van der Waals surface area (Å²) in [6.45, 7) is -0.433. The molecule has 0 unspecified atom stereocenters. The standard InChI is InChI=1S/C18H17ClFNO3S/c19-13-7-9-14(10-8-13)25-11-3-6-18(23)24-12-17(22)21-16-5-2-1-4-15(16)20/h1-2,4-5,7-10H,3,6,11-12H2,(H,21,22). The summed E-state index contributed by atoms with van der Waals surface area (Å²) in [5.74, 6) is -0.825. The number of anilines is 1. The van der Waals surface area contributed by atoms with E-state index in [2.05, 4.69) is 5.32 Å². The van der Waals surface area contributed by atoms with Gasteiger partial charge in [0, 0.05) is 16.3 Å². The Balaban J connectivity index is 1.61. The van der Waals surface area contributed by atoms with Gasteiger partial charge in [0.15, 0.2) is 6.61 Å². The number of amides is 1. The number of hydrogen-bond donors (Lipinski definition) is 1. The van der Waals surface area contributed by atoms with Crippen molar-refractivity contribution in [2.75, 3.05) is 17.7 Å². The predicted molar refractivity (Wildman–Crippen MR) is 97.4 cm³/mol. The highest BCUT2D eigenvalue weighted by Crippen LogP contribution is 2.21. The van der Waals surface area contributed by atoms with Gasteiger partial charge in [-0.05, 0) is 48.6 Å². The van der Waals surface area contributed by atoms with E-state index in [0.29, 0.717) is 11.4 Å². The molecule has 2 rings (SSSR count). The fourth-order valence-corrected chi connectivity index (χ4v) is 2.88. The van der Waals surface area contributed by atoms with Crippen LogP contribution in [-0.4, -0.2) is 24.2 Å². The van der Waals surface area contributed by atoms with Gasteiger partial charge in [0.25, 0.3) is 5.91 Å². The second-order valence-electron chi connectivity index (χ2n) is 5.09. The molecule has 0 aliphatic heterocycles. The number of rotatable bonds is 8. The van der Waals surface area contributed by atoms with Gasteiger partial charge in [-0.3, -0.25) is 9.59 Å². The van der Waals surface area contributed by atoms with Gasteiger partial charge in [0.2, 0.25) is 0 Å². The number of ether oxygens (including phenoxy) is 1. The minimum Gasteiger partial charge on any atom is -0.456 e. The molecule has 4 nitrogen and oxygen atoms in total. The number of benzene rings is 2. The number of nitrogens with one attached hydrogen (secondary N) is 1. The van der Waals surface area contributed by atoms with Crippen LogP contribution in [0, 0.1) is 5.82 Å². The quantitative estimate of drug-likeness (QED) is 0.414. The van der Waals surface area contributed by atoms with Crippen molar-refractivity contribution in [3.05, 3.63) is 59.4 Å². The summed E-state index contributed by atoms with van der Waals surface area (Å²) in [5.41, 5.74) is 0.0583. The number of esters is 1. The molecule has 0 aliphatic rings. The Bertz CT molecular complexity index is 725. The fourth-order valence-electron chi connectivity index (χ4n) is 1.90. The summed E-state index contributed by atoms with van der Waals surface area (Å²) >= 11 is 7.42. The SMILES string of the molecule is O=C(COC(=O)CCCSc1ccc(Cl)cc1)Nc1ccccc1F. The van der Waals surface area contributed by atoms with Crippen LogP contribution in [0.4, 0.5) is 10.1 Å². The Morgan fingerprint density at radius 1 is 1.12 bits per heavy atom. The third-order valence-corrected chi connectivity index (χ3v) is 4.47. The van der Waals surface area contributed by atoms with Gasteiger partial charge in [-0.1, -0.05) is 23.7 Å². The van der Waals surface area contributed by atoms with Crippen molar-refractivity contribution in [3.8, 4) is 0 Å². The maximum atomic E-state index is 13.4. The molecule has 1 amide bonds. The zero-order valence-electron chi connectivity index (χ0n) is 13.3. The van der Waals surface area contributed by atoms with E-state index in [1.54, 1.807) is 17.8 Å². The molecule has 0 aliphatic carbocycles. The Morgan fingerprint density at radius 3 is 2.56 bits per heavy atom. The van der Waals surface area contributed by atoms with Gasteiger partial charge in [-0.15, -0.1) is 11.8 Å². The summed E-state index contributed by atoms with van der Waals surface area (Å²) in [7, 11) is 0. The van der Waals surface area contributed by atoms with Crippen LogP contribution in [-0.2, 0) is 14.3 Å². The highest BCUT2D eigenvalue weighted by Gasteiger charge is 2.09. The third kappa shape index (κ3) is 7.15. The van der Waals surface area contributed by atoms with Gasteiger partial charge >= 0.3 is 5.97 Å². The third-order valence-electron chi connectivity index (χ3n) is 3.12. The molecule has 2 aromatic rings. The van der Waals surface area contributed by atoms with Crippen LogP contribution in [0.15, 0.2) is 53.4 Å². The maximum absolute atomic E-state index is 13.4. The van der Waals surface area contributed by atoms with Crippen molar-refractivity contribution in [1.82, 2.24) is 0 Å². The maximum Gasteiger partial charge on any atom is 0.306 e. The van der Waals surface area contributed by atoms with Crippen LogP contribution < -0.4 is 5.32 Å². The second-order valence-corrected chi connectivity index (χ2v) is 6.70. The lowest BCUT2D eigenvalue weighted by Gasteiger charge is -2.07. The molecule has 1 N–H and O–H groups in total. The topological polar surface area (TPSA) is 55.4 Å². The van der Waals surface area contributed by atoms with E-state index >= 15 is 0 Å². The van der Waals surface area contributed by atoms with E-state index in [1.807, 2.05) is 24.3 Å². The summed E-state index contributed by atoms with van der Waals surface area (Å²) in [6, 6.07) is 13.2. The number of para-hydroxylation sites is 1. The highest BCUT2D eigenvalue weighted by molar-refractivity contribution is 7.99. The molecule has 2 aromatic carbocycles. The van der Waals surface area contributed by atoms with Gasteiger partial charge in [-0.2, -0.15) is 0 Å². The van der Waals surface area contributed by atoms with Crippen LogP contribution in [0.25, 0.3) is 0 Å². The van der Waals surface area contributed by atoms with Crippen molar-refractivity contribution in [2.45, 2.75) is 17.7 Å². The molecule has 0 heterocycles. The fraction of sp³-hybridized carbons (Fsp3) is 0.222. The summed E-state index contributed by atoms with van der Waals surface area (Å²) < 4.78 is 18.3. The molecule has 25 heavy (non-hydrogen) atoms. The van der Waals surface area contributed by atoms with Crippen molar-refractivity contribution in [1.29, 1.82) is 0 Å². The van der Waals surface area contributed by atoms with Crippen molar-refractivity contribution in [2.24, 2.45) is 0 Å². The first-order valence-corrected chi connectivity index (χ1v) is 8.99. The van der Waals surface area contributed by atoms with Crippen LogP contribution in [0.2, 0.25) is 5.02 Å². The first kappa shape index (κ1) is 19.3. The number of halogens is 2. The Labute approximate surface area is 154 Å². The predicted octanol–water partition coefficient (Wildman–Crippen LogP) is 4.53. The number of thioether (sulfide) groups is 1. The molecule has 0 saturated carbocycles. The Hall–Kier alpha value is -2.05. The second kappa shape index (κ2) is 10.1. The molecular weight excluding hydrogens is 365 g/mol. The summed E-state index contributed by atoms with van der Waals surface area (Å²) in [4.78, 5) is 24.3. The van der Waals surface area contributed by atoms with Gasteiger partial charge in [-0.25, -0.2) is 4.39 Å². The average molecular weight is 382 g/mol. The molecule has 0 aromatic heterocycles. The molecule has 0 saturated heterocycles. The molecule has 0 spiro atoms.